The maximum absolute atomic E-state index is 14.7. The van der Waals surface area contributed by atoms with Crippen molar-refractivity contribution in [1.82, 2.24) is 14.9 Å². The van der Waals surface area contributed by atoms with Crippen molar-refractivity contribution in [3.63, 3.8) is 0 Å². The molecule has 33 heavy (non-hydrogen) atoms. The summed E-state index contributed by atoms with van der Waals surface area (Å²) in [5.74, 6) is -2.91. The van der Waals surface area contributed by atoms with Gasteiger partial charge in [-0.1, -0.05) is 33.8 Å². The highest BCUT2D eigenvalue weighted by molar-refractivity contribution is 7.80. The molecule has 1 amide bonds. The van der Waals surface area contributed by atoms with Crippen LogP contribution in [0.4, 0.5) is 8.78 Å². The van der Waals surface area contributed by atoms with Crippen LogP contribution in [0.2, 0.25) is 0 Å². The first-order valence-corrected chi connectivity index (χ1v) is 11.9. The molecular weight excluding hydrogens is 448 g/mol. The number of carbonyl (C=O) groups is 2. The highest BCUT2D eigenvalue weighted by atomic mass is 32.1. The van der Waals surface area contributed by atoms with Crippen molar-refractivity contribution in [2.45, 2.75) is 66.5 Å². The number of aryl methyl sites for hydroxylation is 2. The standard InChI is InChI=1S/C24H33F2N3O3S/c1-5-7-20-28-18(6-2)19(11-27-23(30)16(13-33)10-14(3)4)29(20)12-15-8-9-17(24(31)32)22(26)21(15)25/h8-9,14,16,33H,5-7,10-13H2,1-4H3,(H,27,30)(H,31,32)/t16-/m1/s1. The van der Waals surface area contributed by atoms with E-state index in [1.54, 1.807) is 4.57 Å². The smallest absolute Gasteiger partial charge is 0.338 e. The number of carboxylic acid groups (broad SMARTS) is 1. The zero-order valence-corrected chi connectivity index (χ0v) is 20.5. The molecule has 1 atom stereocenters. The van der Waals surface area contributed by atoms with Gasteiger partial charge in [0.25, 0.3) is 0 Å². The van der Waals surface area contributed by atoms with E-state index >= 15 is 0 Å². The van der Waals surface area contributed by atoms with Crippen LogP contribution in [0.3, 0.4) is 0 Å². The molecule has 0 spiro atoms. The number of aromatic nitrogens is 2. The quantitative estimate of drug-likeness (QED) is 0.386. The van der Waals surface area contributed by atoms with Gasteiger partial charge >= 0.3 is 5.97 Å². The zero-order chi connectivity index (χ0) is 24.7. The summed E-state index contributed by atoms with van der Waals surface area (Å²) >= 11 is 4.31. The summed E-state index contributed by atoms with van der Waals surface area (Å²) in [7, 11) is 0. The lowest BCUT2D eigenvalue weighted by atomic mass is 9.98. The average Bonchev–Trinajstić information content (AvgIpc) is 3.09. The van der Waals surface area contributed by atoms with Crippen LogP contribution in [-0.2, 0) is 30.7 Å². The fourth-order valence-corrected chi connectivity index (χ4v) is 4.18. The van der Waals surface area contributed by atoms with E-state index in [0.29, 0.717) is 30.3 Å². The Morgan fingerprint density at radius 1 is 1.21 bits per heavy atom. The summed E-state index contributed by atoms with van der Waals surface area (Å²) in [6, 6.07) is 2.35. The van der Waals surface area contributed by atoms with E-state index in [4.69, 9.17) is 10.1 Å². The lowest BCUT2D eigenvalue weighted by Gasteiger charge is -2.18. The van der Waals surface area contributed by atoms with E-state index in [-0.39, 0.29) is 30.5 Å². The fraction of sp³-hybridized carbons (Fsp3) is 0.542. The number of rotatable bonds is 12. The molecule has 0 fully saturated rings. The minimum absolute atomic E-state index is 0.0157. The van der Waals surface area contributed by atoms with Crippen LogP contribution in [0.5, 0.6) is 0 Å². The third kappa shape index (κ3) is 6.56. The molecule has 0 bridgehead atoms. The molecule has 0 radical (unpaired) electrons. The second-order valence-electron chi connectivity index (χ2n) is 8.54. The summed E-state index contributed by atoms with van der Waals surface area (Å²) in [5, 5.41) is 12.0. The summed E-state index contributed by atoms with van der Waals surface area (Å²) < 4.78 is 30.8. The van der Waals surface area contributed by atoms with Crippen LogP contribution in [-0.4, -0.2) is 32.3 Å². The van der Waals surface area contributed by atoms with Crippen molar-refractivity contribution in [1.29, 1.82) is 0 Å². The molecular formula is C24H33F2N3O3S. The van der Waals surface area contributed by atoms with Gasteiger partial charge in [0.15, 0.2) is 11.6 Å². The minimum atomic E-state index is -1.52. The maximum atomic E-state index is 14.7. The summed E-state index contributed by atoms with van der Waals surface area (Å²) in [6.45, 7) is 8.24. The molecule has 6 nitrogen and oxygen atoms in total. The second kappa shape index (κ2) is 12.2. The first-order valence-electron chi connectivity index (χ1n) is 11.3. The number of nitrogens with zero attached hydrogens (tertiary/aromatic N) is 2. The number of thiol groups is 1. The molecule has 1 aromatic carbocycles. The number of halogens is 2. The molecule has 1 aromatic heterocycles. The number of imidazole rings is 1. The van der Waals surface area contributed by atoms with Gasteiger partial charge in [0.1, 0.15) is 5.82 Å². The number of amides is 1. The largest absolute Gasteiger partial charge is 0.478 e. The number of carbonyl (C=O) groups excluding carboxylic acids is 1. The normalized spacial score (nSPS) is 12.2. The number of nitrogens with one attached hydrogen (secondary N) is 1. The van der Waals surface area contributed by atoms with E-state index in [2.05, 4.69) is 17.9 Å². The van der Waals surface area contributed by atoms with E-state index < -0.39 is 23.2 Å². The van der Waals surface area contributed by atoms with Crippen molar-refractivity contribution in [3.05, 3.63) is 52.1 Å². The average molecular weight is 482 g/mol. The Labute approximate surface area is 199 Å². The predicted molar refractivity (Wildman–Crippen MR) is 127 cm³/mol. The van der Waals surface area contributed by atoms with Gasteiger partial charge in [0, 0.05) is 23.7 Å². The molecule has 0 saturated heterocycles. The first kappa shape index (κ1) is 26.8. The van der Waals surface area contributed by atoms with Gasteiger partial charge in [-0.3, -0.25) is 4.79 Å². The Balaban J connectivity index is 2.40. The van der Waals surface area contributed by atoms with Gasteiger partial charge in [0.2, 0.25) is 5.91 Å². The van der Waals surface area contributed by atoms with Crippen molar-refractivity contribution in [2.24, 2.45) is 11.8 Å². The van der Waals surface area contributed by atoms with Crippen LogP contribution < -0.4 is 5.32 Å². The first-order chi connectivity index (χ1) is 15.6. The topological polar surface area (TPSA) is 84.2 Å². The summed E-state index contributed by atoms with van der Waals surface area (Å²) in [6.07, 6.45) is 2.77. The number of hydrogen-bond donors (Lipinski definition) is 3. The van der Waals surface area contributed by atoms with Gasteiger partial charge in [-0.05, 0) is 31.2 Å². The summed E-state index contributed by atoms with van der Waals surface area (Å²) in [5.41, 5.74) is 0.836. The molecule has 0 aliphatic rings. The molecule has 9 heteroatoms. The molecule has 1 heterocycles. The van der Waals surface area contributed by atoms with Crippen molar-refractivity contribution in [2.75, 3.05) is 5.75 Å². The maximum Gasteiger partial charge on any atom is 0.338 e. The van der Waals surface area contributed by atoms with Gasteiger partial charge in [-0.25, -0.2) is 18.6 Å². The predicted octanol–water partition coefficient (Wildman–Crippen LogP) is 4.63. The van der Waals surface area contributed by atoms with E-state index in [0.717, 1.165) is 30.3 Å². The Bertz CT molecular complexity index is 992. The van der Waals surface area contributed by atoms with Gasteiger partial charge in [0.05, 0.1) is 30.0 Å². The van der Waals surface area contributed by atoms with Gasteiger partial charge < -0.3 is 15.0 Å². The summed E-state index contributed by atoms with van der Waals surface area (Å²) in [4.78, 5) is 28.5. The molecule has 2 N–H and O–H groups in total. The van der Waals surface area contributed by atoms with Crippen LogP contribution in [0.15, 0.2) is 12.1 Å². The lowest BCUT2D eigenvalue weighted by Crippen LogP contribution is -2.33. The SMILES string of the molecule is CCCc1nc(CC)c(CNC(=O)[C@@H](CS)CC(C)C)n1Cc1ccc(C(=O)O)c(F)c1F. The highest BCUT2D eigenvalue weighted by Crippen LogP contribution is 2.22. The number of carboxylic acids is 1. The van der Waals surface area contributed by atoms with Crippen LogP contribution in [0.1, 0.15) is 73.7 Å². The Hall–Kier alpha value is -2.42. The third-order valence-corrected chi connectivity index (χ3v) is 5.98. The molecule has 2 rings (SSSR count). The van der Waals surface area contributed by atoms with Crippen LogP contribution in [0, 0.1) is 23.5 Å². The van der Waals surface area contributed by atoms with Crippen LogP contribution in [0.25, 0.3) is 0 Å². The molecule has 0 saturated carbocycles. The molecule has 0 aliphatic heterocycles. The Morgan fingerprint density at radius 2 is 1.91 bits per heavy atom. The molecule has 0 aliphatic carbocycles. The Kier molecular flexibility index (Phi) is 9.88. The second-order valence-corrected chi connectivity index (χ2v) is 8.91. The van der Waals surface area contributed by atoms with Crippen molar-refractivity contribution >= 4 is 24.5 Å². The monoisotopic (exact) mass is 481 g/mol. The highest BCUT2D eigenvalue weighted by Gasteiger charge is 2.23. The molecule has 182 valence electrons. The molecule has 2 aromatic rings. The Morgan fingerprint density at radius 3 is 2.45 bits per heavy atom. The number of hydrogen-bond acceptors (Lipinski definition) is 4. The zero-order valence-electron chi connectivity index (χ0n) is 19.6. The lowest BCUT2D eigenvalue weighted by molar-refractivity contribution is -0.124. The van der Waals surface area contributed by atoms with E-state index in [9.17, 15) is 18.4 Å². The number of aromatic carboxylic acids is 1. The minimum Gasteiger partial charge on any atom is -0.478 e. The van der Waals surface area contributed by atoms with Crippen LogP contribution >= 0.6 is 12.6 Å². The van der Waals surface area contributed by atoms with Crippen molar-refractivity contribution < 1.29 is 23.5 Å². The van der Waals surface area contributed by atoms with E-state index in [1.165, 1.54) is 6.07 Å². The van der Waals surface area contributed by atoms with Crippen molar-refractivity contribution in [3.8, 4) is 0 Å². The van der Waals surface area contributed by atoms with E-state index in [1.807, 2.05) is 27.7 Å². The third-order valence-electron chi connectivity index (χ3n) is 5.54. The fourth-order valence-electron chi connectivity index (χ4n) is 3.87. The van der Waals surface area contributed by atoms with Gasteiger partial charge in [-0.2, -0.15) is 12.6 Å². The number of benzene rings is 1. The molecule has 0 unspecified atom stereocenters. The van der Waals surface area contributed by atoms with Gasteiger partial charge in [-0.15, -0.1) is 0 Å².